The summed E-state index contributed by atoms with van der Waals surface area (Å²) in [7, 11) is 0. The Bertz CT molecular complexity index is 1020. The van der Waals surface area contributed by atoms with Gasteiger partial charge in [0.15, 0.2) is 11.5 Å². The lowest BCUT2D eigenvalue weighted by Crippen LogP contribution is -2.26. The number of fused-ring (bicyclic) bond motifs is 2. The van der Waals surface area contributed by atoms with E-state index < -0.39 is 0 Å². The first-order chi connectivity index (χ1) is 13.2. The number of aryl methyl sites for hydroxylation is 1. The summed E-state index contributed by atoms with van der Waals surface area (Å²) < 4.78 is 10.8. The van der Waals surface area contributed by atoms with Crippen molar-refractivity contribution in [1.29, 1.82) is 0 Å². The fourth-order valence-electron chi connectivity index (χ4n) is 3.72. The molecule has 2 aliphatic rings. The summed E-state index contributed by atoms with van der Waals surface area (Å²) in [6, 6.07) is 16.5. The molecule has 136 valence electrons. The predicted octanol–water partition coefficient (Wildman–Crippen LogP) is 4.34. The standard InChI is InChI=1S/C21H20N4O2/c1-13-9-20(23-16-7-8-18-19(11-16)27-12-26-18)24-21(22-13)25-14(2)10-15-5-3-4-6-17(15)25/h3-9,11,14H,10,12H2,1-2H3,(H,22,23,24). The molecule has 5 rings (SSSR count). The van der Waals surface area contributed by atoms with Gasteiger partial charge in [0.25, 0.3) is 0 Å². The van der Waals surface area contributed by atoms with Crippen LogP contribution < -0.4 is 19.7 Å². The Morgan fingerprint density at radius 1 is 1.04 bits per heavy atom. The number of anilines is 4. The molecule has 6 nitrogen and oxygen atoms in total. The van der Waals surface area contributed by atoms with Crippen LogP contribution in [-0.4, -0.2) is 22.8 Å². The molecular formula is C21H20N4O2. The molecule has 0 aliphatic carbocycles. The highest BCUT2D eigenvalue weighted by Gasteiger charge is 2.29. The van der Waals surface area contributed by atoms with Crippen LogP contribution >= 0.6 is 0 Å². The fraction of sp³-hybridized carbons (Fsp3) is 0.238. The summed E-state index contributed by atoms with van der Waals surface area (Å²) in [5.41, 5.74) is 4.34. The molecule has 3 aromatic rings. The van der Waals surface area contributed by atoms with Gasteiger partial charge in [0, 0.05) is 35.2 Å². The van der Waals surface area contributed by atoms with Gasteiger partial charge in [-0.1, -0.05) is 18.2 Å². The minimum atomic E-state index is 0.266. The predicted molar refractivity (Wildman–Crippen MR) is 104 cm³/mol. The van der Waals surface area contributed by atoms with Gasteiger partial charge >= 0.3 is 0 Å². The van der Waals surface area contributed by atoms with E-state index >= 15 is 0 Å². The topological polar surface area (TPSA) is 59.5 Å². The summed E-state index contributed by atoms with van der Waals surface area (Å²) >= 11 is 0. The summed E-state index contributed by atoms with van der Waals surface area (Å²) in [4.78, 5) is 11.7. The third-order valence-electron chi connectivity index (χ3n) is 4.91. The highest BCUT2D eigenvalue weighted by molar-refractivity contribution is 5.69. The van der Waals surface area contributed by atoms with E-state index in [1.54, 1.807) is 0 Å². The molecule has 1 aromatic heterocycles. The molecule has 1 atom stereocenters. The van der Waals surface area contributed by atoms with Crippen molar-refractivity contribution in [2.75, 3.05) is 17.0 Å². The van der Waals surface area contributed by atoms with Gasteiger partial charge in [0.05, 0.1) is 0 Å². The van der Waals surface area contributed by atoms with Crippen molar-refractivity contribution < 1.29 is 9.47 Å². The zero-order valence-electron chi connectivity index (χ0n) is 15.3. The maximum absolute atomic E-state index is 5.46. The van der Waals surface area contributed by atoms with Crippen molar-refractivity contribution in [3.8, 4) is 11.5 Å². The lowest BCUT2D eigenvalue weighted by atomic mass is 10.1. The van der Waals surface area contributed by atoms with Crippen LogP contribution in [0.15, 0.2) is 48.5 Å². The second-order valence-electron chi connectivity index (χ2n) is 6.94. The number of ether oxygens (including phenoxy) is 2. The van der Waals surface area contributed by atoms with E-state index in [2.05, 4.69) is 41.4 Å². The van der Waals surface area contributed by atoms with E-state index in [9.17, 15) is 0 Å². The van der Waals surface area contributed by atoms with E-state index in [-0.39, 0.29) is 6.79 Å². The fourth-order valence-corrected chi connectivity index (χ4v) is 3.72. The molecule has 0 amide bonds. The number of hydrogen-bond donors (Lipinski definition) is 1. The van der Waals surface area contributed by atoms with Gasteiger partial charge in [0.2, 0.25) is 12.7 Å². The number of benzene rings is 2. The summed E-state index contributed by atoms with van der Waals surface area (Å²) in [5, 5.41) is 3.36. The highest BCUT2D eigenvalue weighted by atomic mass is 16.7. The third kappa shape index (κ3) is 2.83. The molecule has 3 heterocycles. The van der Waals surface area contributed by atoms with Crippen LogP contribution in [0.5, 0.6) is 11.5 Å². The van der Waals surface area contributed by atoms with Gasteiger partial charge in [0.1, 0.15) is 5.82 Å². The average molecular weight is 360 g/mol. The normalized spacial score (nSPS) is 17.1. The molecule has 0 radical (unpaired) electrons. The van der Waals surface area contributed by atoms with Crippen LogP contribution in [0, 0.1) is 6.92 Å². The van der Waals surface area contributed by atoms with Crippen molar-refractivity contribution in [1.82, 2.24) is 9.97 Å². The molecule has 2 aromatic carbocycles. The minimum Gasteiger partial charge on any atom is -0.454 e. The van der Waals surface area contributed by atoms with Crippen molar-refractivity contribution in [2.45, 2.75) is 26.3 Å². The molecule has 6 heteroatoms. The average Bonchev–Trinajstić information content (AvgIpc) is 3.23. The second kappa shape index (κ2) is 6.16. The van der Waals surface area contributed by atoms with Crippen LogP contribution in [0.3, 0.4) is 0 Å². The van der Waals surface area contributed by atoms with E-state index in [0.29, 0.717) is 6.04 Å². The van der Waals surface area contributed by atoms with Gasteiger partial charge in [-0.25, -0.2) is 4.98 Å². The Labute approximate surface area is 157 Å². The minimum absolute atomic E-state index is 0.266. The molecule has 1 N–H and O–H groups in total. The van der Waals surface area contributed by atoms with Gasteiger partial charge in [-0.3, -0.25) is 0 Å². The first-order valence-electron chi connectivity index (χ1n) is 9.07. The van der Waals surface area contributed by atoms with Crippen molar-refractivity contribution in [2.24, 2.45) is 0 Å². The molecular weight excluding hydrogens is 340 g/mol. The summed E-state index contributed by atoms with van der Waals surface area (Å²) in [5.74, 6) is 2.99. The number of para-hydroxylation sites is 1. The summed E-state index contributed by atoms with van der Waals surface area (Å²) in [6.45, 7) is 4.46. The molecule has 0 fully saturated rings. The van der Waals surface area contributed by atoms with Gasteiger partial charge in [-0.05, 0) is 44.0 Å². The Kier molecular flexibility index (Phi) is 3.63. The zero-order chi connectivity index (χ0) is 18.4. The van der Waals surface area contributed by atoms with E-state index in [1.807, 2.05) is 31.2 Å². The number of aromatic nitrogens is 2. The van der Waals surface area contributed by atoms with E-state index in [1.165, 1.54) is 11.3 Å². The van der Waals surface area contributed by atoms with Gasteiger partial charge in [-0.15, -0.1) is 0 Å². The molecule has 27 heavy (non-hydrogen) atoms. The SMILES string of the molecule is Cc1cc(Nc2ccc3c(c2)OCO3)nc(N2c3ccccc3CC2C)n1. The molecule has 0 bridgehead atoms. The quantitative estimate of drug-likeness (QED) is 0.750. The van der Waals surface area contributed by atoms with Crippen LogP contribution in [0.1, 0.15) is 18.2 Å². The Hall–Kier alpha value is -3.28. The van der Waals surface area contributed by atoms with Crippen molar-refractivity contribution in [3.05, 3.63) is 59.8 Å². The van der Waals surface area contributed by atoms with Crippen LogP contribution in [-0.2, 0) is 6.42 Å². The number of hydrogen-bond acceptors (Lipinski definition) is 6. The number of nitrogens with one attached hydrogen (secondary N) is 1. The van der Waals surface area contributed by atoms with Crippen LogP contribution in [0.25, 0.3) is 0 Å². The number of nitrogens with zero attached hydrogens (tertiary/aromatic N) is 3. The lowest BCUT2D eigenvalue weighted by molar-refractivity contribution is 0.174. The largest absolute Gasteiger partial charge is 0.454 e. The monoisotopic (exact) mass is 360 g/mol. The zero-order valence-corrected chi connectivity index (χ0v) is 15.3. The maximum Gasteiger partial charge on any atom is 0.232 e. The third-order valence-corrected chi connectivity index (χ3v) is 4.91. The molecule has 2 aliphatic heterocycles. The molecule has 0 saturated heterocycles. The first-order valence-corrected chi connectivity index (χ1v) is 9.07. The van der Waals surface area contributed by atoms with Crippen LogP contribution in [0.2, 0.25) is 0 Å². The van der Waals surface area contributed by atoms with Crippen molar-refractivity contribution >= 4 is 23.1 Å². The Balaban J connectivity index is 1.48. The Morgan fingerprint density at radius 2 is 1.89 bits per heavy atom. The molecule has 0 saturated carbocycles. The van der Waals surface area contributed by atoms with E-state index in [4.69, 9.17) is 19.4 Å². The smallest absolute Gasteiger partial charge is 0.232 e. The molecule has 1 unspecified atom stereocenters. The summed E-state index contributed by atoms with van der Waals surface area (Å²) in [6.07, 6.45) is 0.998. The Morgan fingerprint density at radius 3 is 2.81 bits per heavy atom. The van der Waals surface area contributed by atoms with Crippen molar-refractivity contribution in [3.63, 3.8) is 0 Å². The van der Waals surface area contributed by atoms with E-state index in [0.717, 1.165) is 41.1 Å². The first kappa shape index (κ1) is 15.9. The lowest BCUT2D eigenvalue weighted by Gasteiger charge is -2.23. The highest BCUT2D eigenvalue weighted by Crippen LogP contribution is 2.38. The van der Waals surface area contributed by atoms with Gasteiger partial charge < -0.3 is 19.7 Å². The second-order valence-corrected chi connectivity index (χ2v) is 6.94. The van der Waals surface area contributed by atoms with Gasteiger partial charge in [-0.2, -0.15) is 4.98 Å². The molecule has 0 spiro atoms. The van der Waals surface area contributed by atoms with Crippen LogP contribution in [0.4, 0.5) is 23.1 Å². The maximum atomic E-state index is 5.46. The number of rotatable bonds is 3.